The molecule has 1 heterocycles. The predicted octanol–water partition coefficient (Wildman–Crippen LogP) is 2.48. The average Bonchev–Trinajstić information content (AvgIpc) is 3.04. The maximum atomic E-state index is 10.2. The first-order valence-corrected chi connectivity index (χ1v) is 7.16. The summed E-state index contributed by atoms with van der Waals surface area (Å²) in [7, 11) is 0. The van der Waals surface area contributed by atoms with Gasteiger partial charge in [-0.3, -0.25) is 0 Å². The first kappa shape index (κ1) is 13.0. The van der Waals surface area contributed by atoms with Crippen LogP contribution in [0.1, 0.15) is 35.3 Å². The molecule has 0 aromatic carbocycles. The molecule has 1 N–H and O–H groups in total. The molecular weight excluding hydrogens is 234 g/mol. The number of aryl methyl sites for hydroxylation is 2. The number of aliphatic hydroxyl groups is 1. The van der Waals surface area contributed by atoms with Gasteiger partial charge in [0.05, 0.1) is 22.9 Å². The summed E-state index contributed by atoms with van der Waals surface area (Å²) in [5.41, 5.74) is 1.08. The highest BCUT2D eigenvalue weighted by Gasteiger charge is 2.36. The van der Waals surface area contributed by atoms with Crippen LogP contribution in [0.3, 0.4) is 0 Å². The van der Waals surface area contributed by atoms with Crippen LogP contribution >= 0.6 is 11.3 Å². The van der Waals surface area contributed by atoms with Gasteiger partial charge in [0.15, 0.2) is 0 Å². The predicted molar refractivity (Wildman–Crippen MR) is 69.4 cm³/mol. The number of hydrogen-bond donors (Lipinski definition) is 1. The Morgan fingerprint density at radius 3 is 2.65 bits per heavy atom. The van der Waals surface area contributed by atoms with Crippen molar-refractivity contribution in [3.05, 3.63) is 15.6 Å². The van der Waals surface area contributed by atoms with Crippen molar-refractivity contribution >= 4 is 11.3 Å². The van der Waals surface area contributed by atoms with E-state index in [0.717, 1.165) is 10.7 Å². The van der Waals surface area contributed by atoms with Gasteiger partial charge in [0.1, 0.15) is 0 Å². The second-order valence-electron chi connectivity index (χ2n) is 4.78. The zero-order valence-electron chi connectivity index (χ0n) is 10.8. The van der Waals surface area contributed by atoms with E-state index in [2.05, 4.69) is 11.9 Å². The summed E-state index contributed by atoms with van der Waals surface area (Å²) in [6.07, 6.45) is 2.60. The third-order valence-electron chi connectivity index (χ3n) is 3.28. The van der Waals surface area contributed by atoms with Crippen molar-refractivity contribution < 1.29 is 9.84 Å². The fourth-order valence-corrected chi connectivity index (χ4v) is 3.08. The lowest BCUT2D eigenvalue weighted by molar-refractivity contribution is -0.0439. The minimum Gasteiger partial charge on any atom is -0.390 e. The second kappa shape index (κ2) is 5.46. The lowest BCUT2D eigenvalue weighted by atomic mass is 10.1. The molecule has 1 aromatic heterocycles. The zero-order chi connectivity index (χ0) is 12.4. The van der Waals surface area contributed by atoms with Crippen LogP contribution < -0.4 is 0 Å². The van der Waals surface area contributed by atoms with Crippen LogP contribution in [-0.2, 0) is 11.2 Å². The number of thiazole rings is 1. The van der Waals surface area contributed by atoms with Crippen molar-refractivity contribution in [1.29, 1.82) is 0 Å². The molecule has 0 amide bonds. The zero-order valence-corrected chi connectivity index (χ0v) is 11.6. The molecule has 1 aliphatic rings. The van der Waals surface area contributed by atoms with Crippen molar-refractivity contribution in [3.63, 3.8) is 0 Å². The van der Waals surface area contributed by atoms with Crippen molar-refractivity contribution in [2.45, 2.75) is 52.2 Å². The van der Waals surface area contributed by atoms with Crippen molar-refractivity contribution in [1.82, 2.24) is 4.98 Å². The van der Waals surface area contributed by atoms with E-state index in [9.17, 15) is 5.11 Å². The van der Waals surface area contributed by atoms with E-state index >= 15 is 0 Å². The van der Waals surface area contributed by atoms with Gasteiger partial charge >= 0.3 is 0 Å². The summed E-state index contributed by atoms with van der Waals surface area (Å²) in [6.45, 7) is 6.75. The third-order valence-corrected chi connectivity index (χ3v) is 4.38. The number of aromatic nitrogens is 1. The Morgan fingerprint density at radius 1 is 1.47 bits per heavy atom. The summed E-state index contributed by atoms with van der Waals surface area (Å²) in [5, 5.41) is 11.3. The van der Waals surface area contributed by atoms with Crippen LogP contribution in [0, 0.1) is 19.8 Å². The Morgan fingerprint density at radius 2 is 2.18 bits per heavy atom. The van der Waals surface area contributed by atoms with Gasteiger partial charge in [-0.05, 0) is 39.5 Å². The molecule has 0 spiro atoms. The summed E-state index contributed by atoms with van der Waals surface area (Å²) < 4.78 is 5.66. The monoisotopic (exact) mass is 255 g/mol. The molecule has 96 valence electrons. The van der Waals surface area contributed by atoms with E-state index in [0.29, 0.717) is 18.9 Å². The molecule has 0 saturated heterocycles. The molecule has 2 rings (SSSR count). The molecule has 2 atom stereocenters. The number of nitrogens with zero attached hydrogens (tertiary/aromatic N) is 1. The topological polar surface area (TPSA) is 42.4 Å². The van der Waals surface area contributed by atoms with Gasteiger partial charge < -0.3 is 9.84 Å². The normalized spacial score (nSPS) is 19.3. The Balaban J connectivity index is 1.96. The van der Waals surface area contributed by atoms with Gasteiger partial charge in [0.2, 0.25) is 0 Å². The highest BCUT2D eigenvalue weighted by Crippen LogP contribution is 2.36. The lowest BCUT2D eigenvalue weighted by Gasteiger charge is -2.21. The van der Waals surface area contributed by atoms with E-state index in [1.54, 1.807) is 11.3 Å². The minimum atomic E-state index is -0.410. The van der Waals surface area contributed by atoms with E-state index < -0.39 is 6.10 Å². The maximum absolute atomic E-state index is 10.2. The highest BCUT2D eigenvalue weighted by atomic mass is 32.1. The Hall–Kier alpha value is -0.450. The van der Waals surface area contributed by atoms with E-state index in [1.165, 1.54) is 17.7 Å². The smallest absolute Gasteiger partial charge is 0.0957 e. The molecule has 17 heavy (non-hydrogen) atoms. The van der Waals surface area contributed by atoms with E-state index in [4.69, 9.17) is 4.74 Å². The van der Waals surface area contributed by atoms with E-state index in [-0.39, 0.29) is 6.10 Å². The van der Waals surface area contributed by atoms with Crippen LogP contribution in [0.15, 0.2) is 0 Å². The van der Waals surface area contributed by atoms with Crippen LogP contribution in [0.4, 0.5) is 0 Å². The lowest BCUT2D eigenvalue weighted by Crippen LogP contribution is -2.32. The largest absolute Gasteiger partial charge is 0.390 e. The maximum Gasteiger partial charge on any atom is 0.0957 e. The fraction of sp³-hybridized carbons (Fsp3) is 0.769. The first-order valence-electron chi connectivity index (χ1n) is 6.34. The molecule has 0 bridgehead atoms. The molecule has 1 saturated carbocycles. The molecule has 0 radical (unpaired) electrons. The molecule has 2 unspecified atom stereocenters. The first-order chi connectivity index (χ1) is 8.11. The minimum absolute atomic E-state index is 0.00418. The SMILES string of the molecule is CCOC(C(O)Cc1nc(C)c(C)s1)C1CC1. The van der Waals surface area contributed by atoms with E-state index in [1.807, 2.05) is 13.8 Å². The molecule has 4 heteroatoms. The number of aliphatic hydroxyl groups excluding tert-OH is 1. The average molecular weight is 255 g/mol. The summed E-state index contributed by atoms with van der Waals surface area (Å²) in [6, 6.07) is 0. The fourth-order valence-electron chi connectivity index (χ4n) is 2.10. The Labute approximate surface area is 107 Å². The molecular formula is C13H21NO2S. The Bertz CT molecular complexity index is 354. The van der Waals surface area contributed by atoms with Gasteiger partial charge in [-0.25, -0.2) is 4.98 Å². The van der Waals surface area contributed by atoms with Crippen molar-refractivity contribution in [2.24, 2.45) is 5.92 Å². The van der Waals surface area contributed by atoms with Gasteiger partial charge in [-0.2, -0.15) is 0 Å². The van der Waals surface area contributed by atoms with Gasteiger partial charge in [0, 0.05) is 17.9 Å². The van der Waals surface area contributed by atoms with Gasteiger partial charge in [-0.15, -0.1) is 11.3 Å². The third kappa shape index (κ3) is 3.27. The standard InChI is InChI=1S/C13H21NO2S/c1-4-16-13(10-5-6-10)11(15)7-12-14-8(2)9(3)17-12/h10-11,13,15H,4-7H2,1-3H3. The number of ether oxygens (including phenoxy) is 1. The highest BCUT2D eigenvalue weighted by molar-refractivity contribution is 7.11. The molecule has 1 aromatic rings. The van der Waals surface area contributed by atoms with Crippen LogP contribution in [0.2, 0.25) is 0 Å². The number of hydrogen-bond acceptors (Lipinski definition) is 4. The van der Waals surface area contributed by atoms with Gasteiger partial charge in [0.25, 0.3) is 0 Å². The van der Waals surface area contributed by atoms with Crippen molar-refractivity contribution in [2.75, 3.05) is 6.61 Å². The quantitative estimate of drug-likeness (QED) is 0.849. The molecule has 1 fully saturated rings. The van der Waals surface area contributed by atoms with Crippen LogP contribution in [-0.4, -0.2) is 28.9 Å². The van der Waals surface area contributed by atoms with Crippen molar-refractivity contribution in [3.8, 4) is 0 Å². The summed E-state index contributed by atoms with van der Waals surface area (Å²) in [4.78, 5) is 5.72. The van der Waals surface area contributed by atoms with Crippen LogP contribution in [0.5, 0.6) is 0 Å². The van der Waals surface area contributed by atoms with Crippen LogP contribution in [0.25, 0.3) is 0 Å². The Kier molecular flexibility index (Phi) is 4.17. The molecule has 0 aliphatic heterocycles. The summed E-state index contributed by atoms with van der Waals surface area (Å²) in [5.74, 6) is 0.562. The summed E-state index contributed by atoms with van der Waals surface area (Å²) >= 11 is 1.68. The second-order valence-corrected chi connectivity index (χ2v) is 6.07. The molecule has 1 aliphatic carbocycles. The molecule has 3 nitrogen and oxygen atoms in total. The van der Waals surface area contributed by atoms with Gasteiger partial charge in [-0.1, -0.05) is 0 Å². The number of rotatable bonds is 6.